The number of hydrogen-bond donors (Lipinski definition) is 0. The van der Waals surface area contributed by atoms with Gasteiger partial charge >= 0.3 is 0 Å². The van der Waals surface area contributed by atoms with E-state index in [1.165, 1.54) is 11.3 Å². The molecule has 3 heterocycles. The SMILES string of the molecule is CC(C)CCN(CCC(C)C)C(=O)c1ccc2c(c1)n(CC(C)(C)CN(C)C)c1nc3ccsc3c(=O)n21. The molecule has 0 atom stereocenters. The number of amides is 1. The molecule has 1 aromatic carbocycles. The first-order valence-corrected chi connectivity index (χ1v) is 14.6. The summed E-state index contributed by atoms with van der Waals surface area (Å²) < 4.78 is 4.52. The van der Waals surface area contributed by atoms with Gasteiger partial charge in [-0.3, -0.25) is 9.59 Å². The van der Waals surface area contributed by atoms with Gasteiger partial charge in [0, 0.05) is 31.7 Å². The number of rotatable bonds is 11. The fourth-order valence-corrected chi connectivity index (χ4v) is 6.04. The molecule has 4 aromatic rings. The molecule has 0 aliphatic carbocycles. The predicted molar refractivity (Wildman–Crippen MR) is 159 cm³/mol. The quantitative estimate of drug-likeness (QED) is 0.236. The van der Waals surface area contributed by atoms with Gasteiger partial charge < -0.3 is 14.4 Å². The predicted octanol–water partition coefficient (Wildman–Crippen LogP) is 5.99. The Balaban J connectivity index is 1.87. The molecule has 0 spiro atoms. The lowest BCUT2D eigenvalue weighted by atomic mass is 9.92. The lowest BCUT2D eigenvalue weighted by Gasteiger charge is -2.29. The fourth-order valence-electron chi connectivity index (χ4n) is 5.28. The van der Waals surface area contributed by atoms with Crippen molar-refractivity contribution in [2.75, 3.05) is 33.7 Å². The topological polar surface area (TPSA) is 62.9 Å². The zero-order valence-corrected chi connectivity index (χ0v) is 25.1. The molecule has 0 aliphatic heterocycles. The van der Waals surface area contributed by atoms with Gasteiger partial charge in [0.1, 0.15) is 4.70 Å². The summed E-state index contributed by atoms with van der Waals surface area (Å²) in [6, 6.07) is 7.69. The van der Waals surface area contributed by atoms with E-state index in [-0.39, 0.29) is 16.9 Å². The number of hydrogen-bond acceptors (Lipinski definition) is 5. The minimum Gasteiger partial charge on any atom is -0.339 e. The van der Waals surface area contributed by atoms with Crippen molar-refractivity contribution < 1.29 is 4.79 Å². The molecule has 0 N–H and O–H groups in total. The van der Waals surface area contributed by atoms with Crippen LogP contribution in [0.25, 0.3) is 27.0 Å². The second-order valence-electron chi connectivity index (χ2n) is 12.5. The van der Waals surface area contributed by atoms with Crippen LogP contribution in [0.5, 0.6) is 0 Å². The number of carbonyl (C=O) groups is 1. The Hall–Kier alpha value is -2.71. The third kappa shape index (κ3) is 5.96. The van der Waals surface area contributed by atoms with Crippen molar-refractivity contribution in [3.05, 3.63) is 45.6 Å². The number of carbonyl (C=O) groups excluding carboxylic acids is 1. The van der Waals surface area contributed by atoms with Gasteiger partial charge in [-0.1, -0.05) is 41.5 Å². The van der Waals surface area contributed by atoms with Crippen molar-refractivity contribution in [3.63, 3.8) is 0 Å². The van der Waals surface area contributed by atoms with Crippen molar-refractivity contribution in [1.82, 2.24) is 23.8 Å². The van der Waals surface area contributed by atoms with Gasteiger partial charge in [0.2, 0.25) is 5.78 Å². The third-order valence-electron chi connectivity index (χ3n) is 7.03. The highest BCUT2D eigenvalue weighted by molar-refractivity contribution is 7.17. The van der Waals surface area contributed by atoms with E-state index < -0.39 is 0 Å². The van der Waals surface area contributed by atoms with Gasteiger partial charge in [0.25, 0.3) is 11.5 Å². The average Bonchev–Trinajstić information content (AvgIpc) is 3.41. The highest BCUT2D eigenvalue weighted by Gasteiger charge is 2.26. The van der Waals surface area contributed by atoms with E-state index in [0.717, 1.165) is 49.0 Å². The standard InChI is InChI=1S/C30H43N5O2S/c1-20(2)11-14-33(15-12-21(3)4)27(36)22-9-10-24-25(17-22)34(19-30(5,6)18-32(7)8)29-31-23-13-16-38-26(23)28(37)35(24)29/h9-10,13,16-17,20-21H,11-12,14-15,18-19H2,1-8H3. The van der Waals surface area contributed by atoms with Crippen LogP contribution in [0, 0.1) is 17.3 Å². The van der Waals surface area contributed by atoms with Crippen LogP contribution in [0.1, 0.15) is 64.7 Å². The zero-order valence-electron chi connectivity index (χ0n) is 24.2. The maximum atomic E-state index is 13.8. The van der Waals surface area contributed by atoms with E-state index in [1.807, 2.05) is 34.5 Å². The normalized spacial score (nSPS) is 12.7. The molecule has 8 heteroatoms. The molecule has 1 amide bonds. The molecule has 0 bridgehead atoms. The number of imidazole rings is 1. The van der Waals surface area contributed by atoms with Crippen molar-refractivity contribution in [3.8, 4) is 0 Å². The first-order valence-electron chi connectivity index (χ1n) is 13.7. The van der Waals surface area contributed by atoms with Gasteiger partial charge in [-0.2, -0.15) is 0 Å². The first kappa shape index (κ1) is 28.3. The van der Waals surface area contributed by atoms with E-state index in [2.05, 4.69) is 65.1 Å². The number of aromatic nitrogens is 3. The summed E-state index contributed by atoms with van der Waals surface area (Å²) in [5.74, 6) is 1.74. The minimum absolute atomic E-state index is 0.0521. The van der Waals surface area contributed by atoms with Gasteiger partial charge in [-0.25, -0.2) is 9.38 Å². The zero-order chi connectivity index (χ0) is 27.8. The largest absolute Gasteiger partial charge is 0.339 e. The van der Waals surface area contributed by atoms with Crippen molar-refractivity contribution in [2.24, 2.45) is 17.3 Å². The molecule has 0 unspecified atom stereocenters. The summed E-state index contributed by atoms with van der Waals surface area (Å²) in [4.78, 5) is 36.5. The molecule has 7 nitrogen and oxygen atoms in total. The van der Waals surface area contributed by atoms with Crippen LogP contribution in [-0.4, -0.2) is 63.4 Å². The van der Waals surface area contributed by atoms with Crippen LogP contribution in [0.4, 0.5) is 0 Å². The molecule has 206 valence electrons. The molecule has 0 saturated carbocycles. The maximum Gasteiger partial charge on any atom is 0.277 e. The molecular weight excluding hydrogens is 494 g/mol. The van der Waals surface area contributed by atoms with Crippen LogP contribution in [-0.2, 0) is 6.54 Å². The molecule has 3 aromatic heterocycles. The summed E-state index contributed by atoms with van der Waals surface area (Å²) in [6.45, 7) is 16.3. The van der Waals surface area contributed by atoms with Crippen LogP contribution < -0.4 is 5.56 Å². The lowest BCUT2D eigenvalue weighted by molar-refractivity contribution is 0.0741. The summed E-state index contributed by atoms with van der Waals surface area (Å²) in [5, 5.41) is 1.92. The number of benzene rings is 1. The van der Waals surface area contributed by atoms with E-state index in [1.54, 1.807) is 4.40 Å². The fraction of sp³-hybridized carbons (Fsp3) is 0.567. The van der Waals surface area contributed by atoms with E-state index in [9.17, 15) is 9.59 Å². The summed E-state index contributed by atoms with van der Waals surface area (Å²) in [5.41, 5.74) is 2.91. The first-order chi connectivity index (χ1) is 17.9. The molecule has 0 saturated heterocycles. The number of thiophene rings is 1. The highest BCUT2D eigenvalue weighted by atomic mass is 32.1. The smallest absolute Gasteiger partial charge is 0.277 e. The molecule has 38 heavy (non-hydrogen) atoms. The van der Waals surface area contributed by atoms with Crippen LogP contribution in [0.2, 0.25) is 0 Å². The monoisotopic (exact) mass is 537 g/mol. The number of nitrogens with zero attached hydrogens (tertiary/aromatic N) is 5. The Morgan fingerprint density at radius 3 is 2.29 bits per heavy atom. The van der Waals surface area contributed by atoms with Crippen LogP contribution >= 0.6 is 11.3 Å². The van der Waals surface area contributed by atoms with Crippen molar-refractivity contribution in [2.45, 2.75) is 60.9 Å². The van der Waals surface area contributed by atoms with E-state index in [4.69, 9.17) is 4.98 Å². The Morgan fingerprint density at radius 1 is 1.03 bits per heavy atom. The molecule has 4 rings (SSSR count). The van der Waals surface area contributed by atoms with Crippen molar-refractivity contribution >= 4 is 44.3 Å². The molecule has 0 fully saturated rings. The van der Waals surface area contributed by atoms with Gasteiger partial charge in [0.05, 0.1) is 16.6 Å². The summed E-state index contributed by atoms with van der Waals surface area (Å²) in [6.07, 6.45) is 1.95. The van der Waals surface area contributed by atoms with E-state index in [0.29, 0.717) is 34.4 Å². The molecule has 0 radical (unpaired) electrons. The molecular formula is C30H43N5O2S. The summed E-state index contributed by atoms with van der Waals surface area (Å²) >= 11 is 1.42. The van der Waals surface area contributed by atoms with Gasteiger partial charge in [0.15, 0.2) is 0 Å². The van der Waals surface area contributed by atoms with Crippen LogP contribution in [0.15, 0.2) is 34.4 Å². The Kier molecular flexibility index (Phi) is 8.33. The number of fused-ring (bicyclic) bond motifs is 4. The second-order valence-corrected chi connectivity index (χ2v) is 13.5. The lowest BCUT2D eigenvalue weighted by Crippen LogP contribution is -2.34. The average molecular weight is 538 g/mol. The maximum absolute atomic E-state index is 13.8. The summed E-state index contributed by atoms with van der Waals surface area (Å²) in [7, 11) is 4.15. The Labute approximate surface area is 230 Å². The third-order valence-corrected chi connectivity index (χ3v) is 7.92. The minimum atomic E-state index is -0.0855. The Bertz CT molecular complexity index is 1480. The highest BCUT2D eigenvalue weighted by Crippen LogP contribution is 2.28. The Morgan fingerprint density at radius 2 is 1.68 bits per heavy atom. The second kappa shape index (κ2) is 11.2. The van der Waals surface area contributed by atoms with Crippen LogP contribution in [0.3, 0.4) is 0 Å². The molecule has 0 aliphatic rings. The van der Waals surface area contributed by atoms with Gasteiger partial charge in [-0.15, -0.1) is 11.3 Å². The van der Waals surface area contributed by atoms with Crippen molar-refractivity contribution in [1.29, 1.82) is 0 Å². The van der Waals surface area contributed by atoms with Gasteiger partial charge in [-0.05, 0) is 73.8 Å². The van der Waals surface area contributed by atoms with E-state index >= 15 is 0 Å².